The highest BCUT2D eigenvalue weighted by Crippen LogP contribution is 2.25. The van der Waals surface area contributed by atoms with Crippen LogP contribution in [0.2, 0.25) is 0 Å². The molecule has 0 saturated heterocycles. The molecule has 3 rings (SSSR count). The number of hydrogen-bond acceptors (Lipinski definition) is 3. The van der Waals surface area contributed by atoms with Crippen molar-refractivity contribution in [2.75, 3.05) is 19.6 Å². The van der Waals surface area contributed by atoms with E-state index in [2.05, 4.69) is 41.5 Å². The molecule has 4 nitrogen and oxygen atoms in total. The van der Waals surface area contributed by atoms with Gasteiger partial charge < -0.3 is 9.47 Å². The van der Waals surface area contributed by atoms with Crippen LogP contribution in [-0.4, -0.2) is 40.4 Å². The molecule has 0 atom stereocenters. The number of imidazole rings is 1. The molecular weight excluding hydrogens is 310 g/mol. The summed E-state index contributed by atoms with van der Waals surface area (Å²) in [6, 6.07) is 15.9. The Bertz CT molecular complexity index is 832. The minimum Gasteiger partial charge on any atom is -0.324 e. The number of hydrogen-bond donors (Lipinski definition) is 0. The Morgan fingerprint density at radius 1 is 1.04 bits per heavy atom. The molecule has 3 aromatic rings. The number of nitrogens with zero attached hydrogens (tertiary/aromatic N) is 3. The maximum Gasteiger partial charge on any atom is 0.150 e. The van der Waals surface area contributed by atoms with E-state index in [0.29, 0.717) is 5.56 Å². The van der Waals surface area contributed by atoms with Crippen LogP contribution in [0.3, 0.4) is 0 Å². The van der Waals surface area contributed by atoms with E-state index in [0.717, 1.165) is 61.3 Å². The van der Waals surface area contributed by atoms with E-state index < -0.39 is 0 Å². The molecule has 0 radical (unpaired) electrons. The van der Waals surface area contributed by atoms with E-state index in [-0.39, 0.29) is 0 Å². The van der Waals surface area contributed by atoms with Gasteiger partial charge in [-0.3, -0.25) is 4.79 Å². The normalized spacial score (nSPS) is 11.3. The summed E-state index contributed by atoms with van der Waals surface area (Å²) in [7, 11) is 0. The molecule has 2 aromatic carbocycles. The molecule has 1 aromatic heterocycles. The van der Waals surface area contributed by atoms with Crippen LogP contribution in [0.25, 0.3) is 22.4 Å². The molecule has 0 aliphatic carbocycles. The standard InChI is InChI=1S/C21H25N3O/c1-3-23(4-2)14-7-15-24-20-9-6-5-8-19(20)22-21(24)18-12-10-17(16-25)11-13-18/h5-6,8-13,16H,3-4,7,14-15H2,1-2H3. The van der Waals surface area contributed by atoms with Crippen molar-refractivity contribution in [3.8, 4) is 11.4 Å². The third kappa shape index (κ3) is 3.80. The molecule has 1 heterocycles. The highest BCUT2D eigenvalue weighted by Gasteiger charge is 2.12. The van der Waals surface area contributed by atoms with E-state index in [1.807, 2.05) is 30.3 Å². The van der Waals surface area contributed by atoms with Crippen molar-refractivity contribution in [3.05, 3.63) is 54.1 Å². The van der Waals surface area contributed by atoms with Crippen LogP contribution in [0, 0.1) is 0 Å². The molecule has 0 aliphatic heterocycles. The number of para-hydroxylation sites is 2. The van der Waals surface area contributed by atoms with Crippen molar-refractivity contribution < 1.29 is 4.79 Å². The molecule has 0 saturated carbocycles. The van der Waals surface area contributed by atoms with Gasteiger partial charge >= 0.3 is 0 Å². The average Bonchev–Trinajstić information content (AvgIpc) is 3.04. The van der Waals surface area contributed by atoms with Crippen LogP contribution in [0.5, 0.6) is 0 Å². The summed E-state index contributed by atoms with van der Waals surface area (Å²) in [5.74, 6) is 0.971. The van der Waals surface area contributed by atoms with E-state index >= 15 is 0 Å². The zero-order valence-electron chi connectivity index (χ0n) is 15.0. The fraction of sp³-hybridized carbons (Fsp3) is 0.333. The van der Waals surface area contributed by atoms with Gasteiger partial charge in [-0.25, -0.2) is 4.98 Å². The van der Waals surface area contributed by atoms with Gasteiger partial charge in [0.15, 0.2) is 0 Å². The van der Waals surface area contributed by atoms with Crippen LogP contribution in [0.1, 0.15) is 30.6 Å². The van der Waals surface area contributed by atoms with Crippen molar-refractivity contribution in [3.63, 3.8) is 0 Å². The first-order valence-corrected chi connectivity index (χ1v) is 9.00. The fourth-order valence-corrected chi connectivity index (χ4v) is 3.23. The van der Waals surface area contributed by atoms with Gasteiger partial charge in [0, 0.05) is 17.7 Å². The van der Waals surface area contributed by atoms with Crippen molar-refractivity contribution in [1.29, 1.82) is 0 Å². The molecule has 0 spiro atoms. The number of carbonyl (C=O) groups excluding carboxylic acids is 1. The second-order valence-electron chi connectivity index (χ2n) is 6.20. The quantitative estimate of drug-likeness (QED) is 0.578. The third-order valence-corrected chi connectivity index (χ3v) is 4.71. The lowest BCUT2D eigenvalue weighted by molar-refractivity contribution is 0.112. The number of carbonyl (C=O) groups is 1. The predicted molar refractivity (Wildman–Crippen MR) is 103 cm³/mol. The van der Waals surface area contributed by atoms with Gasteiger partial charge in [-0.05, 0) is 38.2 Å². The zero-order valence-corrected chi connectivity index (χ0v) is 15.0. The molecule has 0 unspecified atom stereocenters. The Balaban J connectivity index is 1.92. The van der Waals surface area contributed by atoms with E-state index in [1.54, 1.807) is 0 Å². The SMILES string of the molecule is CCN(CC)CCCn1c(-c2ccc(C=O)cc2)nc2ccccc21. The Labute approximate surface area is 149 Å². The van der Waals surface area contributed by atoms with E-state index in [4.69, 9.17) is 4.98 Å². The lowest BCUT2D eigenvalue weighted by Crippen LogP contribution is -2.24. The van der Waals surface area contributed by atoms with Crippen LogP contribution >= 0.6 is 0 Å². The van der Waals surface area contributed by atoms with Crippen LogP contribution in [0.15, 0.2) is 48.5 Å². The summed E-state index contributed by atoms with van der Waals surface area (Å²) in [5, 5.41) is 0. The minimum atomic E-state index is 0.688. The molecule has 0 bridgehead atoms. The molecule has 0 aliphatic rings. The monoisotopic (exact) mass is 335 g/mol. The molecule has 0 amide bonds. The van der Waals surface area contributed by atoms with E-state index in [9.17, 15) is 4.79 Å². The topological polar surface area (TPSA) is 38.1 Å². The molecular formula is C21H25N3O. The lowest BCUT2D eigenvalue weighted by Gasteiger charge is -2.18. The fourth-order valence-electron chi connectivity index (χ4n) is 3.23. The van der Waals surface area contributed by atoms with Crippen molar-refractivity contribution in [2.24, 2.45) is 0 Å². The average molecular weight is 335 g/mol. The molecule has 130 valence electrons. The first-order chi connectivity index (χ1) is 12.3. The summed E-state index contributed by atoms with van der Waals surface area (Å²) in [5.41, 5.74) is 3.91. The first kappa shape index (κ1) is 17.4. The summed E-state index contributed by atoms with van der Waals surface area (Å²) < 4.78 is 2.30. The predicted octanol–water partition coefficient (Wildman–Crippen LogP) is 4.25. The number of aryl methyl sites for hydroxylation is 1. The second-order valence-corrected chi connectivity index (χ2v) is 6.20. The molecule has 4 heteroatoms. The summed E-state index contributed by atoms with van der Waals surface area (Å²) >= 11 is 0. The Morgan fingerprint density at radius 3 is 2.44 bits per heavy atom. The third-order valence-electron chi connectivity index (χ3n) is 4.71. The van der Waals surface area contributed by atoms with Gasteiger partial charge in [-0.1, -0.05) is 50.2 Å². The van der Waals surface area contributed by atoms with Crippen LogP contribution in [0.4, 0.5) is 0 Å². The highest BCUT2D eigenvalue weighted by molar-refractivity contribution is 5.81. The Kier molecular flexibility index (Phi) is 5.61. The zero-order chi connectivity index (χ0) is 17.6. The first-order valence-electron chi connectivity index (χ1n) is 9.00. The van der Waals surface area contributed by atoms with Gasteiger partial charge in [0.2, 0.25) is 0 Å². The maximum absolute atomic E-state index is 10.9. The van der Waals surface area contributed by atoms with Crippen molar-refractivity contribution in [1.82, 2.24) is 14.5 Å². The van der Waals surface area contributed by atoms with Gasteiger partial charge in [0.1, 0.15) is 12.1 Å². The largest absolute Gasteiger partial charge is 0.324 e. The minimum absolute atomic E-state index is 0.688. The molecule has 0 N–H and O–H groups in total. The van der Waals surface area contributed by atoms with Crippen LogP contribution in [-0.2, 0) is 6.54 Å². The number of rotatable bonds is 8. The molecule has 0 fully saturated rings. The Morgan fingerprint density at radius 2 is 1.76 bits per heavy atom. The maximum atomic E-state index is 10.9. The van der Waals surface area contributed by atoms with Gasteiger partial charge in [-0.15, -0.1) is 0 Å². The summed E-state index contributed by atoms with van der Waals surface area (Å²) in [4.78, 5) is 18.2. The summed E-state index contributed by atoms with van der Waals surface area (Å²) in [6.45, 7) is 8.60. The van der Waals surface area contributed by atoms with Crippen molar-refractivity contribution in [2.45, 2.75) is 26.8 Å². The number of aromatic nitrogens is 2. The van der Waals surface area contributed by atoms with Crippen LogP contribution < -0.4 is 0 Å². The van der Waals surface area contributed by atoms with Gasteiger partial charge in [-0.2, -0.15) is 0 Å². The van der Waals surface area contributed by atoms with E-state index in [1.165, 1.54) is 0 Å². The van der Waals surface area contributed by atoms with Gasteiger partial charge in [0.25, 0.3) is 0 Å². The molecule has 25 heavy (non-hydrogen) atoms. The number of benzene rings is 2. The summed E-state index contributed by atoms with van der Waals surface area (Å²) in [6.07, 6.45) is 1.96. The van der Waals surface area contributed by atoms with Crippen molar-refractivity contribution >= 4 is 17.3 Å². The Hall–Kier alpha value is -2.46. The number of fused-ring (bicyclic) bond motifs is 1. The smallest absolute Gasteiger partial charge is 0.150 e. The highest BCUT2D eigenvalue weighted by atomic mass is 16.1. The van der Waals surface area contributed by atoms with Gasteiger partial charge in [0.05, 0.1) is 11.0 Å². The number of aldehydes is 1. The lowest BCUT2D eigenvalue weighted by atomic mass is 10.1. The second kappa shape index (κ2) is 8.08.